The fourth-order valence-electron chi connectivity index (χ4n) is 2.27. The molecule has 0 amide bonds. The SMILES string of the molecule is Cc1nnc(C(CO)[Si](C)(C)C)cc1-c1ncccc1Cl. The number of aromatic nitrogens is 3. The number of aryl methyl sites for hydroxylation is 1. The molecule has 1 atom stereocenters. The van der Waals surface area contributed by atoms with Crippen LogP contribution in [0.25, 0.3) is 11.3 Å². The second-order valence-electron chi connectivity index (χ2n) is 6.20. The summed E-state index contributed by atoms with van der Waals surface area (Å²) in [6.07, 6.45) is 1.71. The van der Waals surface area contributed by atoms with Crippen LogP contribution in [0, 0.1) is 6.92 Å². The van der Waals surface area contributed by atoms with Gasteiger partial charge in [-0.15, -0.1) is 0 Å². The van der Waals surface area contributed by atoms with Crippen molar-refractivity contribution in [3.8, 4) is 11.3 Å². The molecule has 0 spiro atoms. The van der Waals surface area contributed by atoms with E-state index in [1.807, 2.05) is 19.1 Å². The van der Waals surface area contributed by atoms with Crippen LogP contribution in [0.3, 0.4) is 0 Å². The highest BCUT2D eigenvalue weighted by molar-refractivity contribution is 6.77. The van der Waals surface area contributed by atoms with Gasteiger partial charge >= 0.3 is 0 Å². The van der Waals surface area contributed by atoms with Crippen LogP contribution in [0.15, 0.2) is 24.4 Å². The van der Waals surface area contributed by atoms with E-state index in [2.05, 4.69) is 34.8 Å². The van der Waals surface area contributed by atoms with Crippen molar-refractivity contribution in [1.82, 2.24) is 15.2 Å². The number of aliphatic hydroxyl groups excluding tert-OH is 1. The van der Waals surface area contributed by atoms with E-state index in [1.54, 1.807) is 12.3 Å². The van der Waals surface area contributed by atoms with Crippen LogP contribution in [0.4, 0.5) is 0 Å². The molecule has 2 heterocycles. The highest BCUT2D eigenvalue weighted by Crippen LogP contribution is 2.31. The molecule has 0 aromatic carbocycles. The van der Waals surface area contributed by atoms with E-state index in [-0.39, 0.29) is 12.1 Å². The zero-order chi connectivity index (χ0) is 15.6. The molecule has 6 heteroatoms. The molecule has 0 aliphatic heterocycles. The Morgan fingerprint density at radius 2 is 2.00 bits per heavy atom. The lowest BCUT2D eigenvalue weighted by atomic mass is 10.1. The van der Waals surface area contributed by atoms with Gasteiger partial charge < -0.3 is 5.11 Å². The van der Waals surface area contributed by atoms with Gasteiger partial charge in [-0.3, -0.25) is 4.98 Å². The lowest BCUT2D eigenvalue weighted by Gasteiger charge is -2.26. The van der Waals surface area contributed by atoms with Gasteiger partial charge in [0.2, 0.25) is 0 Å². The molecule has 4 nitrogen and oxygen atoms in total. The van der Waals surface area contributed by atoms with Crippen molar-refractivity contribution >= 4 is 19.7 Å². The number of hydrogen-bond donors (Lipinski definition) is 1. The van der Waals surface area contributed by atoms with Crippen LogP contribution in [0.1, 0.15) is 16.9 Å². The molecule has 2 rings (SSSR count). The Morgan fingerprint density at radius 1 is 1.29 bits per heavy atom. The molecular formula is C15H20ClN3OSi. The first-order valence-electron chi connectivity index (χ1n) is 6.90. The number of nitrogens with zero attached hydrogens (tertiary/aromatic N) is 3. The number of hydrogen-bond acceptors (Lipinski definition) is 4. The predicted octanol–water partition coefficient (Wildman–Crippen LogP) is 3.45. The van der Waals surface area contributed by atoms with Crippen LogP contribution in [-0.2, 0) is 0 Å². The van der Waals surface area contributed by atoms with Gasteiger partial charge in [-0.2, -0.15) is 10.2 Å². The Morgan fingerprint density at radius 3 is 2.57 bits per heavy atom. The Hall–Kier alpha value is -1.30. The molecule has 2 aromatic heterocycles. The fraction of sp³-hybridized carbons (Fsp3) is 0.400. The summed E-state index contributed by atoms with van der Waals surface area (Å²) in [7, 11) is -1.59. The molecule has 1 unspecified atom stereocenters. The maximum absolute atomic E-state index is 9.73. The van der Waals surface area contributed by atoms with Crippen molar-refractivity contribution < 1.29 is 5.11 Å². The first-order chi connectivity index (χ1) is 9.84. The zero-order valence-corrected chi connectivity index (χ0v) is 14.5. The maximum Gasteiger partial charge on any atom is 0.0907 e. The summed E-state index contributed by atoms with van der Waals surface area (Å²) in [4.78, 5) is 4.35. The van der Waals surface area contributed by atoms with E-state index in [0.29, 0.717) is 10.7 Å². The quantitative estimate of drug-likeness (QED) is 0.876. The molecule has 0 fully saturated rings. The van der Waals surface area contributed by atoms with Gasteiger partial charge in [0.05, 0.1) is 30.2 Å². The van der Waals surface area contributed by atoms with Crippen LogP contribution in [-0.4, -0.2) is 35.0 Å². The summed E-state index contributed by atoms with van der Waals surface area (Å²) in [5, 5.41) is 18.8. The highest BCUT2D eigenvalue weighted by atomic mass is 35.5. The van der Waals surface area contributed by atoms with Gasteiger partial charge in [-0.25, -0.2) is 0 Å². The zero-order valence-electron chi connectivity index (χ0n) is 12.8. The summed E-state index contributed by atoms with van der Waals surface area (Å²) in [6, 6.07) is 5.58. The normalized spacial score (nSPS) is 13.2. The van der Waals surface area contributed by atoms with Gasteiger partial charge in [0.15, 0.2) is 0 Å². The standard InChI is InChI=1S/C15H20ClN3OSi/c1-10-11(15-12(16)6-5-7-17-15)8-13(19-18-10)14(9-20)21(2,3)4/h5-8,14,20H,9H2,1-4H3. The lowest BCUT2D eigenvalue weighted by molar-refractivity contribution is 0.288. The van der Waals surface area contributed by atoms with Crippen molar-refractivity contribution in [1.29, 1.82) is 0 Å². The molecular weight excluding hydrogens is 302 g/mol. The second-order valence-corrected chi connectivity index (χ2v) is 12.0. The van der Waals surface area contributed by atoms with Crippen LogP contribution in [0.2, 0.25) is 24.7 Å². The van der Waals surface area contributed by atoms with E-state index in [9.17, 15) is 5.11 Å². The first-order valence-corrected chi connectivity index (χ1v) is 10.9. The Balaban J connectivity index is 2.55. The van der Waals surface area contributed by atoms with Crippen molar-refractivity contribution in [2.45, 2.75) is 32.1 Å². The topological polar surface area (TPSA) is 58.9 Å². The summed E-state index contributed by atoms with van der Waals surface area (Å²) < 4.78 is 0. The molecule has 0 bridgehead atoms. The average molecular weight is 322 g/mol. The smallest absolute Gasteiger partial charge is 0.0907 e. The lowest BCUT2D eigenvalue weighted by Crippen LogP contribution is -2.34. The Bertz CT molecular complexity index is 643. The molecule has 0 saturated heterocycles. The van der Waals surface area contributed by atoms with Crippen molar-refractivity contribution in [2.24, 2.45) is 0 Å². The number of aliphatic hydroxyl groups is 1. The third-order valence-corrected chi connectivity index (χ3v) is 6.47. The van der Waals surface area contributed by atoms with E-state index in [4.69, 9.17) is 11.6 Å². The van der Waals surface area contributed by atoms with E-state index in [1.165, 1.54) is 0 Å². The van der Waals surface area contributed by atoms with Gasteiger partial charge in [0.25, 0.3) is 0 Å². The minimum Gasteiger partial charge on any atom is -0.396 e. The average Bonchev–Trinajstić information content (AvgIpc) is 2.41. The largest absolute Gasteiger partial charge is 0.396 e. The molecule has 0 radical (unpaired) electrons. The van der Waals surface area contributed by atoms with Gasteiger partial charge in [-0.1, -0.05) is 31.2 Å². The van der Waals surface area contributed by atoms with Crippen molar-refractivity contribution in [3.05, 3.63) is 40.8 Å². The molecule has 2 aromatic rings. The van der Waals surface area contributed by atoms with E-state index in [0.717, 1.165) is 17.0 Å². The Kier molecular flexibility index (Phi) is 4.76. The summed E-state index contributed by atoms with van der Waals surface area (Å²) in [5.74, 6) is 0. The van der Waals surface area contributed by atoms with Crippen LogP contribution < -0.4 is 0 Å². The predicted molar refractivity (Wildman–Crippen MR) is 88.2 cm³/mol. The van der Waals surface area contributed by atoms with Gasteiger partial charge in [0, 0.05) is 23.9 Å². The van der Waals surface area contributed by atoms with Crippen LogP contribution in [0.5, 0.6) is 0 Å². The van der Waals surface area contributed by atoms with Gasteiger partial charge in [-0.05, 0) is 25.1 Å². The maximum atomic E-state index is 9.73. The second kappa shape index (κ2) is 6.21. The summed E-state index contributed by atoms with van der Waals surface area (Å²) >= 11 is 6.24. The number of rotatable bonds is 4. The molecule has 112 valence electrons. The minimum atomic E-state index is -1.59. The number of halogens is 1. The molecule has 0 aliphatic carbocycles. The monoisotopic (exact) mass is 321 g/mol. The Labute approximate surface area is 131 Å². The summed E-state index contributed by atoms with van der Waals surface area (Å²) in [6.45, 7) is 8.61. The highest BCUT2D eigenvalue weighted by Gasteiger charge is 2.29. The van der Waals surface area contributed by atoms with Gasteiger partial charge in [0.1, 0.15) is 0 Å². The van der Waals surface area contributed by atoms with Crippen LogP contribution >= 0.6 is 11.6 Å². The molecule has 0 saturated carbocycles. The fourth-order valence-corrected chi connectivity index (χ4v) is 4.07. The first kappa shape index (κ1) is 16.1. The molecule has 21 heavy (non-hydrogen) atoms. The van der Waals surface area contributed by atoms with E-state index >= 15 is 0 Å². The molecule has 0 aliphatic rings. The summed E-state index contributed by atoms with van der Waals surface area (Å²) in [5.41, 5.74) is 3.24. The minimum absolute atomic E-state index is 0.0480. The van der Waals surface area contributed by atoms with Crippen molar-refractivity contribution in [3.63, 3.8) is 0 Å². The third-order valence-electron chi connectivity index (χ3n) is 3.60. The van der Waals surface area contributed by atoms with E-state index < -0.39 is 8.07 Å². The number of pyridine rings is 1. The van der Waals surface area contributed by atoms with Crippen molar-refractivity contribution in [2.75, 3.05) is 6.61 Å². The molecule has 1 N–H and O–H groups in total. The third kappa shape index (κ3) is 3.48.